The zero-order valence-electron chi connectivity index (χ0n) is 24.8. The average Bonchev–Trinajstić information content (AvgIpc) is 3.25. The number of aliphatic imine (C=N–C) groups is 1. The molecule has 38 heavy (non-hydrogen) atoms. The van der Waals surface area contributed by atoms with Gasteiger partial charge in [-0.15, -0.1) is 0 Å². The van der Waals surface area contributed by atoms with Gasteiger partial charge in [-0.1, -0.05) is 50.1 Å². The molecule has 3 atom stereocenters. The van der Waals surface area contributed by atoms with Gasteiger partial charge in [0.1, 0.15) is 0 Å². The van der Waals surface area contributed by atoms with E-state index in [1.807, 2.05) is 20.0 Å². The fraction of sp³-hybridized carbons (Fsp3) is 0.581. The summed E-state index contributed by atoms with van der Waals surface area (Å²) in [4.78, 5) is 4.46. The molecule has 1 aliphatic heterocycles. The molecule has 3 unspecified atom stereocenters. The van der Waals surface area contributed by atoms with Crippen molar-refractivity contribution in [2.75, 3.05) is 7.05 Å². The molecule has 1 heterocycles. The largest absolute Gasteiger partial charge is 0.373 e. The Labute approximate surface area is 229 Å². The van der Waals surface area contributed by atoms with Gasteiger partial charge in [-0.3, -0.25) is 4.99 Å². The summed E-state index contributed by atoms with van der Waals surface area (Å²) in [6.07, 6.45) is 13.8. The number of nitrogens with zero attached hydrogens (tertiary/aromatic N) is 1. The van der Waals surface area contributed by atoms with Gasteiger partial charge in [-0.2, -0.15) is 0 Å². The highest BCUT2D eigenvalue weighted by atomic mass is 19.2. The molecule has 3 N–H and O–H groups in total. The number of likely N-dealkylation sites (N-methyl/N-ethyl adjacent to an activating group) is 1. The molecule has 1 aromatic rings. The monoisotopic (exact) mass is 536 g/mol. The number of hydrogen-bond donors (Lipinski definition) is 3. The molecule has 1 aliphatic rings. The number of rotatable bonds is 9. The molecule has 216 valence electrons. The van der Waals surface area contributed by atoms with Gasteiger partial charge in [0, 0.05) is 11.9 Å². The Morgan fingerprint density at radius 2 is 1.82 bits per heavy atom. The van der Waals surface area contributed by atoms with Crippen LogP contribution in [0, 0.1) is 11.6 Å². The van der Waals surface area contributed by atoms with Crippen molar-refractivity contribution in [1.82, 2.24) is 5.32 Å². The molecular formula is C31H50F2N2O3. The number of nitrogens with one attached hydrogen (secondary N) is 1. The van der Waals surface area contributed by atoms with Crippen molar-refractivity contribution >= 4 is 5.71 Å². The maximum absolute atomic E-state index is 13.2. The summed E-state index contributed by atoms with van der Waals surface area (Å²) in [6.45, 7) is 15.3. The quantitative estimate of drug-likeness (QED) is 0.173. The molecule has 0 bridgehead atoms. The van der Waals surface area contributed by atoms with Crippen LogP contribution in [0.4, 0.5) is 8.78 Å². The number of hydrogen-bond acceptors (Lipinski definition) is 5. The van der Waals surface area contributed by atoms with Crippen LogP contribution in [-0.2, 0) is 4.74 Å². The predicted octanol–water partition coefficient (Wildman–Crippen LogP) is 7.56. The fourth-order valence-corrected chi connectivity index (χ4v) is 3.94. The zero-order chi connectivity index (χ0) is 29.3. The smallest absolute Gasteiger partial charge is 0.159 e. The average molecular weight is 537 g/mol. The lowest BCUT2D eigenvalue weighted by Gasteiger charge is -2.23. The number of halogens is 2. The highest BCUT2D eigenvalue weighted by Crippen LogP contribution is 2.30. The highest BCUT2D eigenvalue weighted by molar-refractivity contribution is 6.01. The Morgan fingerprint density at radius 3 is 2.26 bits per heavy atom. The van der Waals surface area contributed by atoms with Gasteiger partial charge in [-0.05, 0) is 97.5 Å². The van der Waals surface area contributed by atoms with Crippen LogP contribution in [0.5, 0.6) is 0 Å². The van der Waals surface area contributed by atoms with Gasteiger partial charge < -0.3 is 20.3 Å². The van der Waals surface area contributed by atoms with E-state index in [0.29, 0.717) is 0 Å². The Kier molecular flexibility index (Phi) is 17.9. The van der Waals surface area contributed by atoms with E-state index in [9.17, 15) is 8.78 Å². The molecule has 0 aliphatic carbocycles. The summed E-state index contributed by atoms with van der Waals surface area (Å²) in [5.41, 5.74) is 4.54. The summed E-state index contributed by atoms with van der Waals surface area (Å²) in [6, 6.07) is 3.91. The van der Waals surface area contributed by atoms with E-state index in [-0.39, 0.29) is 18.2 Å². The van der Waals surface area contributed by atoms with Crippen molar-refractivity contribution in [3.05, 3.63) is 71.0 Å². The molecule has 0 saturated carbocycles. The van der Waals surface area contributed by atoms with E-state index in [1.165, 1.54) is 37.5 Å². The lowest BCUT2D eigenvalue weighted by atomic mass is 9.99. The first-order valence-electron chi connectivity index (χ1n) is 13.5. The Morgan fingerprint density at radius 1 is 1.18 bits per heavy atom. The zero-order valence-corrected chi connectivity index (χ0v) is 24.8. The van der Waals surface area contributed by atoms with Crippen LogP contribution in [-0.4, -0.2) is 41.0 Å². The van der Waals surface area contributed by atoms with Crippen LogP contribution in [0.2, 0.25) is 0 Å². The van der Waals surface area contributed by atoms with Crippen molar-refractivity contribution in [2.45, 2.75) is 112 Å². The first-order valence-corrected chi connectivity index (χ1v) is 13.5. The third-order valence-corrected chi connectivity index (χ3v) is 5.67. The molecule has 2 rings (SSSR count). The van der Waals surface area contributed by atoms with Crippen LogP contribution >= 0.6 is 0 Å². The Balaban J connectivity index is 0.000000614. The van der Waals surface area contributed by atoms with E-state index in [4.69, 9.17) is 14.9 Å². The number of allylic oxidation sites excluding steroid dienone is 5. The first-order chi connectivity index (χ1) is 17.8. The normalized spacial score (nSPS) is 19.6. The molecule has 0 aromatic heterocycles. The Hall–Kier alpha value is -2.19. The minimum Gasteiger partial charge on any atom is -0.373 e. The van der Waals surface area contributed by atoms with Crippen molar-refractivity contribution in [3.63, 3.8) is 0 Å². The van der Waals surface area contributed by atoms with Crippen molar-refractivity contribution in [2.24, 2.45) is 4.99 Å². The molecule has 1 fully saturated rings. The third kappa shape index (κ3) is 15.3. The summed E-state index contributed by atoms with van der Waals surface area (Å²) < 4.78 is 31.8. The third-order valence-electron chi connectivity index (χ3n) is 5.67. The molecule has 1 aromatic carbocycles. The highest BCUT2D eigenvalue weighted by Gasteiger charge is 2.30. The molecule has 0 spiro atoms. The number of ether oxygens (including phenoxy) is 1. The summed E-state index contributed by atoms with van der Waals surface area (Å²) >= 11 is 0. The second-order valence-corrected chi connectivity index (χ2v) is 9.95. The van der Waals surface area contributed by atoms with Crippen molar-refractivity contribution in [3.8, 4) is 0 Å². The summed E-state index contributed by atoms with van der Waals surface area (Å²) in [5, 5.41) is 19.3. The Bertz CT molecular complexity index is 928. The molecule has 1 saturated heterocycles. The topological polar surface area (TPSA) is 74.1 Å². The second-order valence-electron chi connectivity index (χ2n) is 9.95. The van der Waals surface area contributed by atoms with E-state index >= 15 is 0 Å². The summed E-state index contributed by atoms with van der Waals surface area (Å²) in [7, 11) is 1.80. The van der Waals surface area contributed by atoms with Crippen molar-refractivity contribution < 1.29 is 23.7 Å². The van der Waals surface area contributed by atoms with Gasteiger partial charge >= 0.3 is 0 Å². The van der Waals surface area contributed by atoms with Crippen LogP contribution in [0.1, 0.15) is 99.1 Å². The lowest BCUT2D eigenvalue weighted by molar-refractivity contribution is -0.127. The van der Waals surface area contributed by atoms with Gasteiger partial charge in [0.15, 0.2) is 17.4 Å². The minimum atomic E-state index is -1.50. The number of aliphatic hydroxyl groups is 2. The molecular weight excluding hydrogens is 486 g/mol. The van der Waals surface area contributed by atoms with E-state index < -0.39 is 17.4 Å². The fourth-order valence-electron chi connectivity index (χ4n) is 3.94. The maximum Gasteiger partial charge on any atom is 0.159 e. The molecule has 0 radical (unpaired) electrons. The van der Waals surface area contributed by atoms with Crippen LogP contribution in [0.25, 0.3) is 0 Å². The van der Waals surface area contributed by atoms with Gasteiger partial charge in [0.05, 0.1) is 18.2 Å². The van der Waals surface area contributed by atoms with Crippen LogP contribution in [0.3, 0.4) is 0 Å². The van der Waals surface area contributed by atoms with E-state index in [1.54, 1.807) is 13.1 Å². The second kappa shape index (κ2) is 19.0. The van der Waals surface area contributed by atoms with Gasteiger partial charge in [0.25, 0.3) is 0 Å². The van der Waals surface area contributed by atoms with Gasteiger partial charge in [-0.25, -0.2) is 8.78 Å². The lowest BCUT2D eigenvalue weighted by Crippen LogP contribution is -2.29. The molecule has 5 nitrogen and oxygen atoms in total. The minimum absolute atomic E-state index is 0.0276. The van der Waals surface area contributed by atoms with E-state index in [0.717, 1.165) is 43.0 Å². The molecule has 7 heteroatoms. The van der Waals surface area contributed by atoms with Gasteiger partial charge in [0.2, 0.25) is 0 Å². The molecule has 0 amide bonds. The SMILES string of the molecule is CC(C)(O)O.CNC(c1ccc(F)c(F)c1)C1CCC(C)O1.C\C=C/C(C(/C)=N/C=C/CC)=C(/C)CCC. The maximum atomic E-state index is 13.2. The van der Waals surface area contributed by atoms with Crippen molar-refractivity contribution in [1.29, 1.82) is 0 Å². The first kappa shape index (κ1) is 35.8. The summed E-state index contributed by atoms with van der Waals surface area (Å²) in [5.74, 6) is -3.13. The predicted molar refractivity (Wildman–Crippen MR) is 155 cm³/mol. The standard InChI is InChI=1S/C15H25N.C13H17F2NO.C3H8O2/c1-6-9-12-16-14(5)15(11-8-3)13(4)10-7-2;1-8-3-6-12(17-8)13(16-2)9-4-5-10(14)11(15)7-9;1-3(2,4)5/h8-9,11-12H,6-7,10H2,1-5H3;4-5,7-8,12-13,16H,3,6H2,1-2H3;4-5H,1-2H3/b11-8-,12-9+,15-13+,16-14+;;. The van der Waals surface area contributed by atoms with Crippen LogP contribution in [0.15, 0.2) is 58.8 Å². The van der Waals surface area contributed by atoms with Crippen LogP contribution < -0.4 is 5.32 Å². The number of benzene rings is 1. The van der Waals surface area contributed by atoms with E-state index in [2.05, 4.69) is 56.2 Å².